The molecule has 13 heavy (non-hydrogen) atoms. The molecule has 0 unspecified atom stereocenters. The third kappa shape index (κ3) is 2.27. The highest BCUT2D eigenvalue weighted by molar-refractivity contribution is 5.93. The Hall–Kier alpha value is -1.90. The third-order valence-electron chi connectivity index (χ3n) is 1.52. The Kier molecular flexibility index (Phi) is 2.97. The van der Waals surface area contributed by atoms with Crippen LogP contribution in [0.2, 0.25) is 0 Å². The van der Waals surface area contributed by atoms with Gasteiger partial charge in [-0.15, -0.1) is 0 Å². The summed E-state index contributed by atoms with van der Waals surface area (Å²) in [6.45, 7) is 0. The number of carbonyl (C=O) groups is 1. The molecule has 0 heterocycles. The molecular formula is C10H7O3. The second kappa shape index (κ2) is 4.21. The Morgan fingerprint density at radius 3 is 2.69 bits per heavy atom. The molecule has 3 heteroatoms. The molecule has 65 valence electrons. The van der Waals surface area contributed by atoms with E-state index in [0.717, 1.165) is 6.08 Å². The average molecular weight is 175 g/mol. The largest absolute Gasteiger partial charge is 0.478 e. The van der Waals surface area contributed by atoms with Gasteiger partial charge in [-0.25, -0.2) is 4.79 Å². The summed E-state index contributed by atoms with van der Waals surface area (Å²) in [4.78, 5) is 20.6. The number of carboxylic acid groups (broad SMARTS) is 1. The summed E-state index contributed by atoms with van der Waals surface area (Å²) in [7, 11) is 0. The number of aromatic carboxylic acids is 1. The van der Waals surface area contributed by atoms with Gasteiger partial charge in [0.25, 0.3) is 0 Å². The van der Waals surface area contributed by atoms with Gasteiger partial charge in [0.1, 0.15) is 0 Å². The van der Waals surface area contributed by atoms with E-state index in [1.807, 2.05) is 0 Å². The van der Waals surface area contributed by atoms with Crippen LogP contribution < -0.4 is 0 Å². The number of rotatable bonds is 3. The first-order chi connectivity index (χ1) is 6.25. The Morgan fingerprint density at radius 1 is 1.38 bits per heavy atom. The minimum atomic E-state index is -1.01. The third-order valence-corrected chi connectivity index (χ3v) is 1.52. The lowest BCUT2D eigenvalue weighted by Gasteiger charge is -1.98. The van der Waals surface area contributed by atoms with Crippen LogP contribution in [-0.2, 0) is 4.79 Å². The van der Waals surface area contributed by atoms with E-state index in [2.05, 4.69) is 0 Å². The molecule has 0 aliphatic heterocycles. The zero-order chi connectivity index (χ0) is 9.68. The minimum Gasteiger partial charge on any atom is -0.478 e. The van der Waals surface area contributed by atoms with Crippen LogP contribution in [0.3, 0.4) is 0 Å². The number of carboxylic acids is 1. The standard InChI is InChI=1S/C10H7O3/c11-7-3-5-8-4-1-2-6-9(8)10(12)13/h1-6H,(H,12,13). The van der Waals surface area contributed by atoms with Gasteiger partial charge in [-0.05, 0) is 17.7 Å². The summed E-state index contributed by atoms with van der Waals surface area (Å²) < 4.78 is 0. The van der Waals surface area contributed by atoms with Gasteiger partial charge < -0.3 is 5.11 Å². The average Bonchev–Trinajstić information content (AvgIpc) is 2.15. The highest BCUT2D eigenvalue weighted by Crippen LogP contribution is 2.09. The summed E-state index contributed by atoms with van der Waals surface area (Å²) in [5, 5.41) is 8.73. The minimum absolute atomic E-state index is 0.175. The zero-order valence-corrected chi connectivity index (χ0v) is 6.73. The second-order valence-electron chi connectivity index (χ2n) is 2.34. The maximum Gasteiger partial charge on any atom is 0.336 e. The van der Waals surface area contributed by atoms with Crippen molar-refractivity contribution in [2.75, 3.05) is 0 Å². The van der Waals surface area contributed by atoms with E-state index in [1.165, 1.54) is 12.1 Å². The second-order valence-corrected chi connectivity index (χ2v) is 2.34. The predicted octanol–water partition coefficient (Wildman–Crippen LogP) is 1.51. The van der Waals surface area contributed by atoms with Gasteiger partial charge in [0, 0.05) is 0 Å². The van der Waals surface area contributed by atoms with Gasteiger partial charge in [0.15, 0.2) is 0 Å². The van der Waals surface area contributed by atoms with Crippen LogP contribution in [0.15, 0.2) is 30.3 Å². The molecular weight excluding hydrogens is 168 g/mol. The smallest absolute Gasteiger partial charge is 0.336 e. The van der Waals surface area contributed by atoms with E-state index < -0.39 is 5.97 Å². The number of allylic oxidation sites excluding steroid dienone is 1. The van der Waals surface area contributed by atoms with Gasteiger partial charge in [0.05, 0.1) is 5.56 Å². The lowest BCUT2D eigenvalue weighted by Crippen LogP contribution is -1.98. The van der Waals surface area contributed by atoms with E-state index in [1.54, 1.807) is 24.5 Å². The van der Waals surface area contributed by atoms with Gasteiger partial charge in [0.2, 0.25) is 6.29 Å². The number of hydrogen-bond acceptors (Lipinski definition) is 2. The molecule has 0 fully saturated rings. The lowest BCUT2D eigenvalue weighted by atomic mass is 10.1. The van der Waals surface area contributed by atoms with Gasteiger partial charge in [-0.3, -0.25) is 4.79 Å². The number of hydrogen-bond donors (Lipinski definition) is 1. The van der Waals surface area contributed by atoms with Crippen molar-refractivity contribution < 1.29 is 14.7 Å². The van der Waals surface area contributed by atoms with Crippen LogP contribution in [0.5, 0.6) is 0 Å². The van der Waals surface area contributed by atoms with Crippen LogP contribution in [0.4, 0.5) is 0 Å². The molecule has 0 aromatic heterocycles. The van der Waals surface area contributed by atoms with Crippen LogP contribution in [-0.4, -0.2) is 17.4 Å². The summed E-state index contributed by atoms with van der Waals surface area (Å²) in [6, 6.07) is 6.44. The van der Waals surface area contributed by atoms with Crippen LogP contribution >= 0.6 is 0 Å². The molecule has 0 saturated carbocycles. The fourth-order valence-corrected chi connectivity index (χ4v) is 0.961. The molecule has 0 atom stereocenters. The summed E-state index contributed by atoms with van der Waals surface area (Å²) in [5.41, 5.74) is 0.673. The molecule has 0 bridgehead atoms. The summed E-state index contributed by atoms with van der Waals surface area (Å²) >= 11 is 0. The molecule has 1 aromatic rings. The Bertz CT molecular complexity index is 353. The topological polar surface area (TPSA) is 54.4 Å². The maximum atomic E-state index is 10.7. The van der Waals surface area contributed by atoms with Crippen molar-refractivity contribution in [1.82, 2.24) is 0 Å². The van der Waals surface area contributed by atoms with Crippen molar-refractivity contribution >= 4 is 18.3 Å². The molecule has 0 spiro atoms. The molecule has 1 aromatic carbocycles. The summed E-state index contributed by atoms with van der Waals surface area (Å²) in [6.07, 6.45) is 4.11. The normalized spacial score (nSPS) is 10.2. The summed E-state index contributed by atoms with van der Waals surface area (Å²) in [5.74, 6) is -1.01. The Balaban J connectivity index is 3.11. The van der Waals surface area contributed by atoms with Crippen LogP contribution in [0, 0.1) is 0 Å². The van der Waals surface area contributed by atoms with E-state index >= 15 is 0 Å². The van der Waals surface area contributed by atoms with Crippen LogP contribution in [0.1, 0.15) is 15.9 Å². The van der Waals surface area contributed by atoms with Gasteiger partial charge in [-0.2, -0.15) is 0 Å². The van der Waals surface area contributed by atoms with Crippen molar-refractivity contribution in [2.45, 2.75) is 0 Å². The fourth-order valence-electron chi connectivity index (χ4n) is 0.961. The maximum absolute atomic E-state index is 10.7. The predicted molar refractivity (Wildman–Crippen MR) is 48.1 cm³/mol. The highest BCUT2D eigenvalue weighted by Gasteiger charge is 2.05. The first kappa shape index (κ1) is 9.19. The van der Waals surface area contributed by atoms with Gasteiger partial charge in [-0.1, -0.05) is 24.3 Å². The Labute approximate surface area is 75.3 Å². The SMILES string of the molecule is O=[C]C=Cc1ccccc1C(=O)O. The lowest BCUT2D eigenvalue weighted by molar-refractivity contribution is 0.0696. The molecule has 0 aliphatic carbocycles. The monoisotopic (exact) mass is 175 g/mol. The van der Waals surface area contributed by atoms with Crippen molar-refractivity contribution in [3.8, 4) is 0 Å². The number of carbonyl (C=O) groups excluding carboxylic acids is 1. The fraction of sp³-hybridized carbons (Fsp3) is 0. The quantitative estimate of drug-likeness (QED) is 0.708. The van der Waals surface area contributed by atoms with Crippen molar-refractivity contribution in [3.05, 3.63) is 41.5 Å². The van der Waals surface area contributed by atoms with Crippen molar-refractivity contribution in [1.29, 1.82) is 0 Å². The molecule has 0 aliphatic rings. The first-order valence-corrected chi connectivity index (χ1v) is 3.62. The van der Waals surface area contributed by atoms with Crippen molar-refractivity contribution in [2.24, 2.45) is 0 Å². The molecule has 1 rings (SSSR count). The molecule has 0 amide bonds. The van der Waals surface area contributed by atoms with E-state index in [-0.39, 0.29) is 5.56 Å². The molecule has 0 saturated heterocycles. The molecule has 1 N–H and O–H groups in total. The molecule has 3 nitrogen and oxygen atoms in total. The van der Waals surface area contributed by atoms with E-state index in [0.29, 0.717) is 5.56 Å². The first-order valence-electron chi connectivity index (χ1n) is 3.62. The molecule has 1 radical (unpaired) electrons. The van der Waals surface area contributed by atoms with Gasteiger partial charge >= 0.3 is 5.97 Å². The van der Waals surface area contributed by atoms with E-state index in [4.69, 9.17) is 5.11 Å². The Morgan fingerprint density at radius 2 is 2.08 bits per heavy atom. The zero-order valence-electron chi connectivity index (χ0n) is 6.73. The van der Waals surface area contributed by atoms with E-state index in [9.17, 15) is 9.59 Å². The highest BCUT2D eigenvalue weighted by atomic mass is 16.4. The number of benzene rings is 1. The van der Waals surface area contributed by atoms with Crippen LogP contribution in [0.25, 0.3) is 6.08 Å². The van der Waals surface area contributed by atoms with Crippen molar-refractivity contribution in [3.63, 3.8) is 0 Å².